The lowest BCUT2D eigenvalue weighted by Crippen LogP contribution is -2.23. The van der Waals surface area contributed by atoms with Crippen LogP contribution in [0.3, 0.4) is 0 Å². The minimum absolute atomic E-state index is 0.0872. The number of aryl methyl sites for hydroxylation is 1. The number of alkyl halides is 3. The summed E-state index contributed by atoms with van der Waals surface area (Å²) in [6.45, 7) is 1.74. The average Bonchev–Trinajstić information content (AvgIpc) is 3.13. The van der Waals surface area contributed by atoms with Gasteiger partial charge in [-0.05, 0) is 36.9 Å². The number of nitrogens with zero attached hydrogens (tertiary/aromatic N) is 3. The molecule has 0 radical (unpaired) electrons. The zero-order chi connectivity index (χ0) is 19.1. The molecule has 0 amide bonds. The van der Waals surface area contributed by atoms with E-state index in [0.717, 1.165) is 17.8 Å². The smallest absolute Gasteiger partial charge is 0.469 e. The molecule has 0 aliphatic carbocycles. The highest BCUT2D eigenvalue weighted by Crippen LogP contribution is 2.38. The summed E-state index contributed by atoms with van der Waals surface area (Å²) in [5.41, 5.74) is -4.70. The van der Waals surface area contributed by atoms with Crippen LogP contribution in [0.2, 0.25) is 0 Å². The van der Waals surface area contributed by atoms with Gasteiger partial charge in [-0.25, -0.2) is 8.42 Å². The van der Waals surface area contributed by atoms with E-state index in [2.05, 4.69) is 10.2 Å². The van der Waals surface area contributed by atoms with E-state index < -0.39 is 20.2 Å². The Balaban J connectivity index is 2.02. The zero-order valence-corrected chi connectivity index (χ0v) is 15.1. The monoisotopic (exact) mass is 403 g/mol. The molecule has 0 aliphatic heterocycles. The topological polar surface area (TPSA) is 78.0 Å². The van der Waals surface area contributed by atoms with Crippen LogP contribution in [0.15, 0.2) is 56.0 Å². The van der Waals surface area contributed by atoms with Crippen LogP contribution in [-0.2, 0) is 16.9 Å². The van der Waals surface area contributed by atoms with Crippen molar-refractivity contribution in [3.05, 3.63) is 42.4 Å². The molecule has 3 rings (SSSR count). The molecule has 2 heterocycles. The second-order valence-corrected chi connectivity index (χ2v) is 8.17. The van der Waals surface area contributed by atoms with Crippen molar-refractivity contribution in [3.63, 3.8) is 0 Å². The Bertz CT molecular complexity index is 1060. The molecule has 0 spiro atoms. The van der Waals surface area contributed by atoms with Crippen molar-refractivity contribution in [2.75, 3.05) is 0 Å². The Hall–Kier alpha value is -2.27. The highest BCUT2D eigenvalue weighted by atomic mass is 32.2. The van der Waals surface area contributed by atoms with Gasteiger partial charge in [0.15, 0.2) is 11.0 Å². The molecule has 2 aromatic heterocycles. The third-order valence-corrected chi connectivity index (χ3v) is 6.37. The predicted molar refractivity (Wildman–Crippen MR) is 87.2 cm³/mol. The minimum atomic E-state index is -5.48. The first-order chi connectivity index (χ1) is 12.1. The van der Waals surface area contributed by atoms with Crippen LogP contribution < -0.4 is 0 Å². The van der Waals surface area contributed by atoms with Crippen molar-refractivity contribution in [1.82, 2.24) is 14.8 Å². The molecule has 0 saturated heterocycles. The van der Waals surface area contributed by atoms with Gasteiger partial charge < -0.3 is 8.98 Å². The summed E-state index contributed by atoms with van der Waals surface area (Å²) in [5, 5.41) is 8.21. The quantitative estimate of drug-likeness (QED) is 0.659. The highest BCUT2D eigenvalue weighted by molar-refractivity contribution is 8.00. The fraction of sp³-hybridized carbons (Fsp3) is 0.200. The standard InChI is InChI=1S/C15H12F3N3O3S2/c1-9-10(7-8-24-9)13-19-20-14(21(13)2)25-11-5-3-4-6-12(11)26(22,23)15(16,17)18/h3-8H,1-2H3. The number of rotatable bonds is 4. The van der Waals surface area contributed by atoms with E-state index >= 15 is 0 Å². The van der Waals surface area contributed by atoms with Crippen LogP contribution in [0.25, 0.3) is 11.4 Å². The first-order valence-corrected chi connectivity index (χ1v) is 9.45. The second-order valence-electron chi connectivity index (χ2n) is 5.25. The summed E-state index contributed by atoms with van der Waals surface area (Å²) in [4.78, 5) is -0.905. The van der Waals surface area contributed by atoms with Crippen LogP contribution in [-0.4, -0.2) is 28.7 Å². The van der Waals surface area contributed by atoms with Crippen LogP contribution >= 0.6 is 11.8 Å². The second kappa shape index (κ2) is 6.47. The maximum Gasteiger partial charge on any atom is 0.501 e. The van der Waals surface area contributed by atoms with Crippen molar-refractivity contribution in [2.45, 2.75) is 27.4 Å². The maximum atomic E-state index is 12.9. The minimum Gasteiger partial charge on any atom is -0.469 e. The van der Waals surface area contributed by atoms with E-state index in [0.29, 0.717) is 17.1 Å². The lowest BCUT2D eigenvalue weighted by atomic mass is 10.2. The van der Waals surface area contributed by atoms with Crippen molar-refractivity contribution >= 4 is 21.6 Å². The van der Waals surface area contributed by atoms with Crippen LogP contribution in [0.4, 0.5) is 13.2 Å². The molecule has 0 saturated carbocycles. The number of hydrogen-bond donors (Lipinski definition) is 0. The summed E-state index contributed by atoms with van der Waals surface area (Å²) in [6, 6.07) is 6.59. The number of sulfone groups is 1. The number of hydrogen-bond acceptors (Lipinski definition) is 6. The molecule has 0 unspecified atom stereocenters. The molecule has 138 valence electrons. The van der Waals surface area contributed by atoms with Crippen LogP contribution in [0.1, 0.15) is 5.76 Å². The van der Waals surface area contributed by atoms with E-state index in [-0.39, 0.29) is 10.1 Å². The number of halogens is 3. The van der Waals surface area contributed by atoms with Crippen LogP contribution in [0.5, 0.6) is 0 Å². The van der Waals surface area contributed by atoms with E-state index in [9.17, 15) is 21.6 Å². The number of furan rings is 1. The molecule has 0 N–H and O–H groups in total. The summed E-state index contributed by atoms with van der Waals surface area (Å²) < 4.78 is 69.1. The van der Waals surface area contributed by atoms with Gasteiger partial charge in [-0.3, -0.25) is 0 Å². The van der Waals surface area contributed by atoms with Gasteiger partial charge in [-0.1, -0.05) is 12.1 Å². The van der Waals surface area contributed by atoms with Gasteiger partial charge >= 0.3 is 5.51 Å². The molecular formula is C15H12F3N3O3S2. The Morgan fingerprint density at radius 3 is 2.46 bits per heavy atom. The Kier molecular flexibility index (Phi) is 4.61. The molecule has 11 heteroatoms. The maximum absolute atomic E-state index is 12.9. The first-order valence-electron chi connectivity index (χ1n) is 7.15. The lowest BCUT2D eigenvalue weighted by molar-refractivity contribution is -0.0437. The van der Waals surface area contributed by atoms with Crippen molar-refractivity contribution in [1.29, 1.82) is 0 Å². The molecule has 0 fully saturated rings. The Labute approximate surface area is 151 Å². The molecule has 0 aliphatic rings. The third-order valence-electron chi connectivity index (χ3n) is 3.58. The predicted octanol–water partition coefficient (Wildman–Crippen LogP) is 3.83. The largest absolute Gasteiger partial charge is 0.501 e. The van der Waals surface area contributed by atoms with Gasteiger partial charge in [0.05, 0.1) is 16.7 Å². The average molecular weight is 403 g/mol. The Morgan fingerprint density at radius 2 is 1.85 bits per heavy atom. The number of benzene rings is 1. The molecule has 1 aromatic carbocycles. The lowest BCUT2D eigenvalue weighted by Gasteiger charge is -2.12. The molecular weight excluding hydrogens is 391 g/mol. The summed E-state index contributed by atoms with van der Waals surface area (Å²) in [5.74, 6) is 1.06. The van der Waals surface area contributed by atoms with Gasteiger partial charge in [0.1, 0.15) is 5.76 Å². The van der Waals surface area contributed by atoms with Crippen molar-refractivity contribution in [3.8, 4) is 11.4 Å². The van der Waals surface area contributed by atoms with Gasteiger partial charge in [-0.2, -0.15) is 13.2 Å². The first kappa shape index (κ1) is 18.5. The van der Waals surface area contributed by atoms with Gasteiger partial charge in [0.2, 0.25) is 0 Å². The number of aromatic nitrogens is 3. The van der Waals surface area contributed by atoms with Gasteiger partial charge in [-0.15, -0.1) is 10.2 Å². The molecule has 3 aromatic rings. The zero-order valence-electron chi connectivity index (χ0n) is 13.5. The van der Waals surface area contributed by atoms with E-state index in [1.807, 2.05) is 0 Å². The third kappa shape index (κ3) is 3.12. The summed E-state index contributed by atoms with van der Waals surface area (Å²) in [6.07, 6.45) is 1.48. The van der Waals surface area contributed by atoms with Crippen molar-refractivity contribution < 1.29 is 26.0 Å². The fourth-order valence-corrected chi connectivity index (χ4v) is 4.35. The molecule has 6 nitrogen and oxygen atoms in total. The van der Waals surface area contributed by atoms with Gasteiger partial charge in [0, 0.05) is 11.9 Å². The Morgan fingerprint density at radius 1 is 1.15 bits per heavy atom. The molecule has 0 bridgehead atoms. The van der Waals surface area contributed by atoms with E-state index in [1.165, 1.54) is 24.5 Å². The van der Waals surface area contributed by atoms with Crippen LogP contribution in [0, 0.1) is 6.92 Å². The molecule has 0 atom stereocenters. The molecule has 26 heavy (non-hydrogen) atoms. The van der Waals surface area contributed by atoms with Gasteiger partial charge in [0.25, 0.3) is 9.84 Å². The highest BCUT2D eigenvalue weighted by Gasteiger charge is 2.48. The SMILES string of the molecule is Cc1occc1-c1nnc(Sc2ccccc2S(=O)(=O)C(F)(F)F)n1C. The summed E-state index contributed by atoms with van der Waals surface area (Å²) in [7, 11) is -3.85. The summed E-state index contributed by atoms with van der Waals surface area (Å²) >= 11 is 0.787. The van der Waals surface area contributed by atoms with E-state index in [1.54, 1.807) is 24.6 Å². The van der Waals surface area contributed by atoms with E-state index in [4.69, 9.17) is 4.42 Å². The fourth-order valence-electron chi connectivity index (χ4n) is 2.23. The normalized spacial score (nSPS) is 12.5. The van der Waals surface area contributed by atoms with Crippen molar-refractivity contribution in [2.24, 2.45) is 7.05 Å².